The van der Waals surface area contributed by atoms with Crippen molar-refractivity contribution in [1.82, 2.24) is 4.90 Å². The van der Waals surface area contributed by atoms with Crippen LogP contribution in [0.1, 0.15) is 55.7 Å². The summed E-state index contributed by atoms with van der Waals surface area (Å²) in [6.07, 6.45) is 5.77. The second-order valence-electron chi connectivity index (χ2n) is 7.61. The SMILES string of the molecule is C[C@H](c1ccc([S@@](C)=O)cc1)N(C)C(=O)C1CCC(c2ccccc2)CC1. The quantitative estimate of drug-likeness (QED) is 0.735. The lowest BCUT2D eigenvalue weighted by atomic mass is 9.78. The minimum atomic E-state index is -0.974. The molecule has 1 fully saturated rings. The highest BCUT2D eigenvalue weighted by molar-refractivity contribution is 7.84. The average Bonchev–Trinajstić information content (AvgIpc) is 2.73. The number of carbonyl (C=O) groups is 1. The molecule has 1 saturated carbocycles. The van der Waals surface area contributed by atoms with E-state index >= 15 is 0 Å². The first-order chi connectivity index (χ1) is 13.0. The Labute approximate surface area is 165 Å². The van der Waals surface area contributed by atoms with Crippen molar-refractivity contribution in [3.05, 3.63) is 65.7 Å². The lowest BCUT2D eigenvalue weighted by Gasteiger charge is -2.33. The van der Waals surface area contributed by atoms with Gasteiger partial charge in [0, 0.05) is 34.9 Å². The lowest BCUT2D eigenvalue weighted by Crippen LogP contribution is -2.36. The maximum Gasteiger partial charge on any atom is 0.225 e. The van der Waals surface area contributed by atoms with E-state index in [0.717, 1.165) is 36.1 Å². The fraction of sp³-hybridized carbons (Fsp3) is 0.435. The summed E-state index contributed by atoms with van der Waals surface area (Å²) in [5.41, 5.74) is 2.48. The Hall–Kier alpha value is -1.94. The molecule has 1 aliphatic carbocycles. The van der Waals surface area contributed by atoms with Gasteiger partial charge in [-0.15, -0.1) is 0 Å². The van der Waals surface area contributed by atoms with E-state index in [1.54, 1.807) is 6.26 Å². The van der Waals surface area contributed by atoms with Crippen molar-refractivity contribution in [3.8, 4) is 0 Å². The van der Waals surface area contributed by atoms with Crippen LogP contribution in [-0.2, 0) is 15.6 Å². The molecule has 0 heterocycles. The van der Waals surface area contributed by atoms with Gasteiger partial charge in [-0.25, -0.2) is 0 Å². The topological polar surface area (TPSA) is 37.4 Å². The highest BCUT2D eigenvalue weighted by Crippen LogP contribution is 2.37. The first-order valence-corrected chi connectivity index (χ1v) is 11.3. The zero-order valence-electron chi connectivity index (χ0n) is 16.4. The van der Waals surface area contributed by atoms with Gasteiger partial charge >= 0.3 is 0 Å². The Morgan fingerprint density at radius 1 is 1.00 bits per heavy atom. The minimum absolute atomic E-state index is 0.0173. The second-order valence-corrected chi connectivity index (χ2v) is 8.99. The molecule has 2 aromatic rings. The molecule has 27 heavy (non-hydrogen) atoms. The van der Waals surface area contributed by atoms with Gasteiger partial charge < -0.3 is 4.90 Å². The number of benzene rings is 2. The van der Waals surface area contributed by atoms with Crippen LogP contribution >= 0.6 is 0 Å². The predicted molar refractivity (Wildman–Crippen MR) is 111 cm³/mol. The summed E-state index contributed by atoms with van der Waals surface area (Å²) >= 11 is 0. The number of rotatable bonds is 5. The van der Waals surface area contributed by atoms with E-state index in [1.807, 2.05) is 36.2 Å². The van der Waals surface area contributed by atoms with E-state index in [0.29, 0.717) is 5.92 Å². The molecule has 3 nitrogen and oxygen atoms in total. The van der Waals surface area contributed by atoms with E-state index < -0.39 is 10.8 Å². The number of nitrogens with zero attached hydrogens (tertiary/aromatic N) is 1. The fourth-order valence-corrected chi connectivity index (χ4v) is 4.56. The molecule has 0 unspecified atom stereocenters. The summed E-state index contributed by atoms with van der Waals surface area (Å²) in [7, 11) is 0.931. The monoisotopic (exact) mass is 383 g/mol. The summed E-state index contributed by atoms with van der Waals surface area (Å²) < 4.78 is 11.6. The van der Waals surface area contributed by atoms with Crippen molar-refractivity contribution >= 4 is 16.7 Å². The second kappa shape index (κ2) is 8.83. The molecular formula is C23H29NO2S. The molecule has 1 aliphatic rings. The molecule has 2 atom stereocenters. The van der Waals surface area contributed by atoms with E-state index in [9.17, 15) is 9.00 Å². The average molecular weight is 384 g/mol. The molecule has 3 rings (SSSR count). The normalized spacial score (nSPS) is 22.0. The Kier molecular flexibility index (Phi) is 6.48. The Morgan fingerprint density at radius 2 is 1.59 bits per heavy atom. The molecule has 1 amide bonds. The summed E-state index contributed by atoms with van der Waals surface area (Å²) in [6, 6.07) is 18.4. The number of amides is 1. The van der Waals surface area contributed by atoms with Gasteiger partial charge in [0.1, 0.15) is 0 Å². The fourth-order valence-electron chi connectivity index (χ4n) is 4.04. The van der Waals surface area contributed by atoms with Gasteiger partial charge in [-0.2, -0.15) is 0 Å². The van der Waals surface area contributed by atoms with E-state index in [1.165, 1.54) is 5.56 Å². The summed E-state index contributed by atoms with van der Waals surface area (Å²) in [6.45, 7) is 2.06. The third kappa shape index (κ3) is 4.67. The van der Waals surface area contributed by atoms with Crippen LogP contribution in [-0.4, -0.2) is 28.3 Å². The van der Waals surface area contributed by atoms with Crippen LogP contribution in [0.25, 0.3) is 0 Å². The maximum absolute atomic E-state index is 13.0. The first kappa shape index (κ1) is 19.8. The van der Waals surface area contributed by atoms with E-state index in [4.69, 9.17) is 0 Å². The molecule has 0 spiro atoms. The Bertz CT molecular complexity index is 780. The summed E-state index contributed by atoms with van der Waals surface area (Å²) in [4.78, 5) is 15.7. The molecule has 0 radical (unpaired) electrons. The van der Waals surface area contributed by atoms with Crippen LogP contribution < -0.4 is 0 Å². The van der Waals surface area contributed by atoms with Crippen LogP contribution in [0.2, 0.25) is 0 Å². The zero-order valence-corrected chi connectivity index (χ0v) is 17.2. The molecule has 0 aromatic heterocycles. The van der Waals surface area contributed by atoms with Crippen molar-refractivity contribution < 1.29 is 9.00 Å². The van der Waals surface area contributed by atoms with E-state index in [-0.39, 0.29) is 17.9 Å². The molecule has 144 valence electrons. The smallest absolute Gasteiger partial charge is 0.225 e. The predicted octanol–water partition coefficient (Wildman–Crippen LogP) is 4.92. The molecular weight excluding hydrogens is 354 g/mol. The van der Waals surface area contributed by atoms with Gasteiger partial charge in [0.2, 0.25) is 5.91 Å². The molecule has 0 saturated heterocycles. The highest BCUT2D eigenvalue weighted by atomic mass is 32.2. The van der Waals surface area contributed by atoms with Gasteiger partial charge in [-0.05, 0) is 61.8 Å². The maximum atomic E-state index is 13.0. The van der Waals surface area contributed by atoms with Crippen molar-refractivity contribution in [3.63, 3.8) is 0 Å². The van der Waals surface area contributed by atoms with Gasteiger partial charge in [0.05, 0.1) is 6.04 Å². The van der Waals surface area contributed by atoms with Crippen molar-refractivity contribution in [1.29, 1.82) is 0 Å². The van der Waals surface area contributed by atoms with Crippen LogP contribution in [0.15, 0.2) is 59.5 Å². The van der Waals surface area contributed by atoms with Crippen LogP contribution in [0.4, 0.5) is 0 Å². The van der Waals surface area contributed by atoms with Crippen molar-refractivity contribution in [2.75, 3.05) is 13.3 Å². The zero-order chi connectivity index (χ0) is 19.4. The van der Waals surface area contributed by atoms with Crippen LogP contribution in [0.5, 0.6) is 0 Å². The third-order valence-electron chi connectivity index (χ3n) is 5.97. The lowest BCUT2D eigenvalue weighted by molar-refractivity contribution is -0.137. The molecule has 4 heteroatoms. The van der Waals surface area contributed by atoms with Crippen LogP contribution in [0, 0.1) is 5.92 Å². The van der Waals surface area contributed by atoms with Crippen LogP contribution in [0.3, 0.4) is 0 Å². The Morgan fingerprint density at radius 3 is 2.15 bits per heavy atom. The third-order valence-corrected chi connectivity index (χ3v) is 6.91. The van der Waals surface area contributed by atoms with E-state index in [2.05, 4.69) is 37.3 Å². The number of hydrogen-bond donors (Lipinski definition) is 0. The highest BCUT2D eigenvalue weighted by Gasteiger charge is 2.30. The summed E-state index contributed by atoms with van der Waals surface area (Å²) in [5, 5.41) is 0. The largest absolute Gasteiger partial charge is 0.339 e. The van der Waals surface area contributed by atoms with Crippen molar-refractivity contribution in [2.45, 2.75) is 49.5 Å². The molecule has 0 bridgehead atoms. The standard InChI is InChI=1S/C23H29NO2S/c1-17(18-13-15-22(16-14-18)27(3)26)24(2)23(25)21-11-9-20(10-12-21)19-7-5-4-6-8-19/h4-8,13-17,20-21H,9-12H2,1-3H3/t17-,20?,21?,27-/m1/s1. The van der Waals surface area contributed by atoms with Gasteiger partial charge in [-0.3, -0.25) is 9.00 Å². The number of hydrogen-bond acceptors (Lipinski definition) is 2. The number of carbonyl (C=O) groups excluding carboxylic acids is 1. The minimum Gasteiger partial charge on any atom is -0.339 e. The molecule has 0 N–H and O–H groups in total. The van der Waals surface area contributed by atoms with Crippen molar-refractivity contribution in [2.24, 2.45) is 5.92 Å². The Balaban J connectivity index is 1.59. The first-order valence-electron chi connectivity index (χ1n) is 9.72. The summed E-state index contributed by atoms with van der Waals surface area (Å²) in [5.74, 6) is 0.956. The molecule has 2 aromatic carbocycles. The van der Waals surface area contributed by atoms with Gasteiger partial charge in [-0.1, -0.05) is 42.5 Å². The van der Waals surface area contributed by atoms with Gasteiger partial charge in [0.15, 0.2) is 0 Å². The van der Waals surface area contributed by atoms with Gasteiger partial charge in [0.25, 0.3) is 0 Å². The molecule has 0 aliphatic heterocycles.